The Kier molecular flexibility index (Phi) is 4.32. The van der Waals surface area contributed by atoms with Crippen molar-refractivity contribution in [2.75, 3.05) is 0 Å². The van der Waals surface area contributed by atoms with E-state index in [0.717, 1.165) is 12.2 Å². The van der Waals surface area contributed by atoms with Gasteiger partial charge in [0.05, 0.1) is 16.7 Å². The van der Waals surface area contributed by atoms with E-state index in [9.17, 15) is 14.9 Å². The Morgan fingerprint density at radius 2 is 2.24 bits per heavy atom. The molecule has 0 radical (unpaired) electrons. The summed E-state index contributed by atoms with van der Waals surface area (Å²) in [7, 11) is 0. The van der Waals surface area contributed by atoms with Gasteiger partial charge in [0.15, 0.2) is 0 Å². The third kappa shape index (κ3) is 3.44. The molecule has 1 heterocycles. The molecule has 0 aliphatic heterocycles. The lowest BCUT2D eigenvalue weighted by Crippen LogP contribution is -2.27. The molecule has 21 heavy (non-hydrogen) atoms. The average Bonchev–Trinajstić information content (AvgIpc) is 2.96. The van der Waals surface area contributed by atoms with Crippen LogP contribution in [-0.2, 0) is 6.54 Å². The van der Waals surface area contributed by atoms with Crippen molar-refractivity contribution in [3.05, 3.63) is 57.9 Å². The molecule has 1 aromatic carbocycles. The number of hydrogen-bond acceptors (Lipinski definition) is 4. The molecule has 1 N–H and O–H groups in total. The number of nitrogens with zero attached hydrogens (tertiary/aromatic N) is 3. The van der Waals surface area contributed by atoms with Crippen LogP contribution in [0, 0.1) is 10.1 Å². The fraction of sp³-hybridized carbons (Fsp3) is 0.286. The van der Waals surface area contributed by atoms with Crippen molar-refractivity contribution < 1.29 is 9.72 Å². The lowest BCUT2D eigenvalue weighted by Gasteiger charge is -2.11. The number of benzene rings is 1. The monoisotopic (exact) mass is 288 g/mol. The maximum atomic E-state index is 12.1. The van der Waals surface area contributed by atoms with E-state index in [0.29, 0.717) is 0 Å². The first kappa shape index (κ1) is 14.7. The lowest BCUT2D eigenvalue weighted by atomic mass is 10.1. The summed E-state index contributed by atoms with van der Waals surface area (Å²) in [6.45, 7) is 4.55. The Morgan fingerprint density at radius 1 is 1.48 bits per heavy atom. The van der Waals surface area contributed by atoms with Crippen LogP contribution in [0.3, 0.4) is 0 Å². The summed E-state index contributed by atoms with van der Waals surface area (Å²) in [6, 6.07) is 7.20. The van der Waals surface area contributed by atoms with E-state index < -0.39 is 4.92 Å². The van der Waals surface area contributed by atoms with Gasteiger partial charge in [-0.3, -0.25) is 19.6 Å². The normalized spacial score (nSPS) is 11.9. The molecule has 2 aromatic rings. The number of hydrogen-bond donors (Lipinski definition) is 1. The molecule has 0 saturated carbocycles. The molecule has 1 amide bonds. The van der Waals surface area contributed by atoms with Crippen LogP contribution in [0.1, 0.15) is 35.9 Å². The molecule has 7 nitrogen and oxygen atoms in total. The minimum Gasteiger partial charge on any atom is -0.344 e. The first-order valence-corrected chi connectivity index (χ1v) is 6.60. The molecule has 0 aliphatic rings. The van der Waals surface area contributed by atoms with Crippen LogP contribution < -0.4 is 5.32 Å². The van der Waals surface area contributed by atoms with Crippen LogP contribution in [0.25, 0.3) is 0 Å². The number of aryl methyl sites for hydroxylation is 1. The van der Waals surface area contributed by atoms with E-state index in [-0.39, 0.29) is 23.2 Å². The van der Waals surface area contributed by atoms with Gasteiger partial charge >= 0.3 is 0 Å². The van der Waals surface area contributed by atoms with Gasteiger partial charge in [0.2, 0.25) is 0 Å². The lowest BCUT2D eigenvalue weighted by molar-refractivity contribution is -0.384. The van der Waals surface area contributed by atoms with Gasteiger partial charge in [0, 0.05) is 30.4 Å². The Hall–Kier alpha value is -2.70. The molecule has 0 fully saturated rings. The number of nitro groups is 1. The van der Waals surface area contributed by atoms with Gasteiger partial charge in [-0.1, -0.05) is 6.07 Å². The summed E-state index contributed by atoms with van der Waals surface area (Å²) >= 11 is 0. The van der Waals surface area contributed by atoms with Crippen LogP contribution in [0.5, 0.6) is 0 Å². The Morgan fingerprint density at radius 3 is 2.86 bits per heavy atom. The van der Waals surface area contributed by atoms with Gasteiger partial charge < -0.3 is 5.32 Å². The predicted molar refractivity (Wildman–Crippen MR) is 76.9 cm³/mol. The summed E-state index contributed by atoms with van der Waals surface area (Å²) in [4.78, 5) is 22.3. The molecule has 1 aromatic heterocycles. The standard InChI is InChI=1S/C14H16N4O3/c1-3-17-8-7-13(16-17)10(2)15-14(19)11-5-4-6-12(9-11)18(20)21/h4-10H,3H2,1-2H3,(H,15,19). The second-order valence-electron chi connectivity index (χ2n) is 4.60. The minimum absolute atomic E-state index is 0.106. The highest BCUT2D eigenvalue weighted by atomic mass is 16.6. The number of amides is 1. The van der Waals surface area contributed by atoms with Crippen molar-refractivity contribution in [2.45, 2.75) is 26.4 Å². The van der Waals surface area contributed by atoms with Gasteiger partial charge in [-0.05, 0) is 26.0 Å². The van der Waals surface area contributed by atoms with E-state index in [1.54, 1.807) is 10.7 Å². The quantitative estimate of drug-likeness (QED) is 0.675. The van der Waals surface area contributed by atoms with E-state index in [2.05, 4.69) is 10.4 Å². The molecule has 0 spiro atoms. The first-order valence-electron chi connectivity index (χ1n) is 6.60. The van der Waals surface area contributed by atoms with Crippen LogP contribution in [0.2, 0.25) is 0 Å². The van der Waals surface area contributed by atoms with Crippen LogP contribution in [-0.4, -0.2) is 20.6 Å². The fourth-order valence-corrected chi connectivity index (χ4v) is 1.90. The van der Waals surface area contributed by atoms with Gasteiger partial charge in [0.1, 0.15) is 0 Å². The third-order valence-electron chi connectivity index (χ3n) is 3.10. The molecule has 0 bridgehead atoms. The predicted octanol–water partition coefficient (Wildman–Crippen LogP) is 2.30. The first-order chi connectivity index (χ1) is 10.0. The molecule has 1 atom stereocenters. The second-order valence-corrected chi connectivity index (χ2v) is 4.60. The van der Waals surface area contributed by atoms with Crippen LogP contribution in [0.4, 0.5) is 5.69 Å². The highest BCUT2D eigenvalue weighted by Gasteiger charge is 2.15. The van der Waals surface area contributed by atoms with E-state index in [4.69, 9.17) is 0 Å². The number of rotatable bonds is 5. The molecule has 2 rings (SSSR count). The van der Waals surface area contributed by atoms with Gasteiger partial charge in [0.25, 0.3) is 11.6 Å². The smallest absolute Gasteiger partial charge is 0.270 e. The number of nitro benzene ring substituents is 1. The summed E-state index contributed by atoms with van der Waals surface area (Å²) in [5, 5.41) is 17.8. The van der Waals surface area contributed by atoms with E-state index in [1.165, 1.54) is 18.2 Å². The molecular formula is C14H16N4O3. The Bertz CT molecular complexity index is 666. The van der Waals surface area contributed by atoms with Crippen molar-refractivity contribution in [3.63, 3.8) is 0 Å². The maximum Gasteiger partial charge on any atom is 0.270 e. The second kappa shape index (κ2) is 6.17. The fourth-order valence-electron chi connectivity index (χ4n) is 1.90. The molecular weight excluding hydrogens is 272 g/mol. The van der Waals surface area contributed by atoms with Crippen molar-refractivity contribution >= 4 is 11.6 Å². The van der Waals surface area contributed by atoms with Crippen LogP contribution in [0.15, 0.2) is 36.5 Å². The van der Waals surface area contributed by atoms with E-state index >= 15 is 0 Å². The zero-order valence-electron chi connectivity index (χ0n) is 11.8. The largest absolute Gasteiger partial charge is 0.344 e. The summed E-state index contributed by atoms with van der Waals surface area (Å²) in [5.74, 6) is -0.364. The maximum absolute atomic E-state index is 12.1. The molecule has 0 aliphatic carbocycles. The van der Waals surface area contributed by atoms with E-state index in [1.807, 2.05) is 26.1 Å². The van der Waals surface area contributed by atoms with Crippen molar-refractivity contribution in [3.8, 4) is 0 Å². The highest BCUT2D eigenvalue weighted by Crippen LogP contribution is 2.15. The average molecular weight is 288 g/mol. The molecule has 110 valence electrons. The Balaban J connectivity index is 2.10. The van der Waals surface area contributed by atoms with Crippen LogP contribution >= 0.6 is 0 Å². The van der Waals surface area contributed by atoms with Gasteiger partial charge in [-0.15, -0.1) is 0 Å². The minimum atomic E-state index is -0.525. The molecule has 1 unspecified atom stereocenters. The number of carbonyl (C=O) groups is 1. The third-order valence-corrected chi connectivity index (χ3v) is 3.10. The Labute approximate surface area is 121 Å². The summed E-state index contributed by atoms with van der Waals surface area (Å²) < 4.78 is 1.77. The zero-order chi connectivity index (χ0) is 15.4. The van der Waals surface area contributed by atoms with Crippen molar-refractivity contribution in [1.29, 1.82) is 0 Å². The number of carbonyl (C=O) groups excluding carboxylic acids is 1. The number of aromatic nitrogens is 2. The number of nitrogens with one attached hydrogen (secondary N) is 1. The van der Waals surface area contributed by atoms with Crippen molar-refractivity contribution in [1.82, 2.24) is 15.1 Å². The van der Waals surface area contributed by atoms with Crippen molar-refractivity contribution in [2.24, 2.45) is 0 Å². The topological polar surface area (TPSA) is 90.1 Å². The SMILES string of the molecule is CCn1ccc(C(C)NC(=O)c2cccc([N+](=O)[O-])c2)n1. The summed E-state index contributed by atoms with van der Waals surface area (Å²) in [5.41, 5.74) is 0.896. The molecule has 0 saturated heterocycles. The number of non-ortho nitro benzene ring substituents is 1. The van der Waals surface area contributed by atoms with Gasteiger partial charge in [-0.2, -0.15) is 5.10 Å². The molecule has 7 heteroatoms. The summed E-state index contributed by atoms with van der Waals surface area (Å²) in [6.07, 6.45) is 1.84. The zero-order valence-corrected chi connectivity index (χ0v) is 11.8. The highest BCUT2D eigenvalue weighted by molar-refractivity contribution is 5.95. The van der Waals surface area contributed by atoms with Gasteiger partial charge in [-0.25, -0.2) is 0 Å².